The van der Waals surface area contributed by atoms with Gasteiger partial charge in [-0.1, -0.05) is 25.1 Å². The van der Waals surface area contributed by atoms with Gasteiger partial charge >= 0.3 is 0 Å². The third-order valence-corrected chi connectivity index (χ3v) is 6.99. The summed E-state index contributed by atoms with van der Waals surface area (Å²) < 4.78 is 26.7. The molecule has 138 valence electrons. The van der Waals surface area contributed by atoms with Crippen molar-refractivity contribution in [2.45, 2.75) is 24.7 Å². The lowest BCUT2D eigenvalue weighted by molar-refractivity contribution is -0.134. The lowest BCUT2D eigenvalue weighted by Crippen LogP contribution is -2.53. The Morgan fingerprint density at radius 2 is 1.76 bits per heavy atom. The van der Waals surface area contributed by atoms with E-state index < -0.39 is 10.0 Å². The van der Waals surface area contributed by atoms with Gasteiger partial charge in [-0.25, -0.2) is 8.42 Å². The number of sulfonamides is 1. The Kier molecular flexibility index (Phi) is 5.76. The number of likely N-dealkylation sites (tertiary alicyclic amines) is 1. The first kappa shape index (κ1) is 18.4. The fourth-order valence-electron chi connectivity index (χ4n) is 3.64. The van der Waals surface area contributed by atoms with Crippen LogP contribution in [-0.4, -0.2) is 74.2 Å². The zero-order valence-corrected chi connectivity index (χ0v) is 15.6. The van der Waals surface area contributed by atoms with Gasteiger partial charge < -0.3 is 4.90 Å². The van der Waals surface area contributed by atoms with E-state index in [9.17, 15) is 13.2 Å². The van der Waals surface area contributed by atoms with Crippen molar-refractivity contribution in [3.05, 3.63) is 30.3 Å². The highest BCUT2D eigenvalue weighted by Gasteiger charge is 2.30. The molecular formula is C18H27N3O3S. The highest BCUT2D eigenvalue weighted by Crippen LogP contribution is 2.18. The first-order chi connectivity index (χ1) is 12.0. The molecule has 3 rings (SSSR count). The van der Waals surface area contributed by atoms with E-state index in [1.54, 1.807) is 35.2 Å². The maximum absolute atomic E-state index is 12.6. The molecule has 1 unspecified atom stereocenters. The summed E-state index contributed by atoms with van der Waals surface area (Å²) >= 11 is 0. The highest BCUT2D eigenvalue weighted by atomic mass is 32.2. The number of hydrogen-bond donors (Lipinski definition) is 0. The van der Waals surface area contributed by atoms with Gasteiger partial charge in [0.25, 0.3) is 0 Å². The predicted molar refractivity (Wildman–Crippen MR) is 96.6 cm³/mol. The first-order valence-electron chi connectivity index (χ1n) is 9.02. The zero-order chi connectivity index (χ0) is 17.9. The molecule has 2 heterocycles. The molecule has 1 amide bonds. The van der Waals surface area contributed by atoms with Gasteiger partial charge in [-0.3, -0.25) is 9.69 Å². The van der Waals surface area contributed by atoms with Crippen LogP contribution in [0.3, 0.4) is 0 Å². The Bertz CT molecular complexity index is 685. The number of nitrogens with zero attached hydrogens (tertiary/aromatic N) is 3. The van der Waals surface area contributed by atoms with Crippen molar-refractivity contribution in [1.29, 1.82) is 0 Å². The number of carbonyl (C=O) groups excluding carboxylic acids is 1. The summed E-state index contributed by atoms with van der Waals surface area (Å²) in [6.07, 6.45) is 2.39. The molecule has 0 spiro atoms. The molecule has 0 saturated carbocycles. The largest absolute Gasteiger partial charge is 0.339 e. The summed E-state index contributed by atoms with van der Waals surface area (Å²) in [6.45, 7) is 6.30. The second-order valence-electron chi connectivity index (χ2n) is 7.08. The van der Waals surface area contributed by atoms with E-state index in [1.807, 2.05) is 0 Å². The third kappa shape index (κ3) is 4.40. The minimum atomic E-state index is -3.46. The summed E-state index contributed by atoms with van der Waals surface area (Å²) in [6, 6.07) is 8.49. The quantitative estimate of drug-likeness (QED) is 0.806. The van der Waals surface area contributed by atoms with Crippen LogP contribution in [0.2, 0.25) is 0 Å². The second kappa shape index (κ2) is 7.85. The van der Waals surface area contributed by atoms with Crippen LogP contribution in [0.25, 0.3) is 0 Å². The minimum absolute atomic E-state index is 0.117. The third-order valence-electron chi connectivity index (χ3n) is 5.07. The molecule has 2 aliphatic rings. The monoisotopic (exact) mass is 365 g/mol. The zero-order valence-electron chi connectivity index (χ0n) is 14.8. The summed E-state index contributed by atoms with van der Waals surface area (Å²) in [7, 11) is -3.46. The van der Waals surface area contributed by atoms with Crippen molar-refractivity contribution >= 4 is 15.9 Å². The molecule has 25 heavy (non-hydrogen) atoms. The topological polar surface area (TPSA) is 60.9 Å². The maximum atomic E-state index is 12.6. The average Bonchev–Trinajstić information content (AvgIpc) is 2.62. The van der Waals surface area contributed by atoms with Crippen LogP contribution in [0.15, 0.2) is 35.2 Å². The Hall–Kier alpha value is -1.44. The van der Waals surface area contributed by atoms with Gasteiger partial charge in [0.05, 0.1) is 11.4 Å². The van der Waals surface area contributed by atoms with Crippen molar-refractivity contribution in [2.24, 2.45) is 5.92 Å². The van der Waals surface area contributed by atoms with E-state index in [-0.39, 0.29) is 5.91 Å². The summed E-state index contributed by atoms with van der Waals surface area (Å²) in [5.74, 6) is 0.764. The molecule has 2 fully saturated rings. The number of carbonyl (C=O) groups is 1. The fraction of sp³-hybridized carbons (Fsp3) is 0.611. The van der Waals surface area contributed by atoms with Gasteiger partial charge in [-0.15, -0.1) is 0 Å². The Morgan fingerprint density at radius 3 is 2.40 bits per heavy atom. The van der Waals surface area contributed by atoms with Crippen molar-refractivity contribution in [2.75, 3.05) is 45.8 Å². The first-order valence-corrected chi connectivity index (χ1v) is 10.5. The van der Waals surface area contributed by atoms with Gasteiger partial charge in [0, 0.05) is 32.7 Å². The lowest BCUT2D eigenvalue weighted by Gasteiger charge is -2.36. The Morgan fingerprint density at radius 1 is 1.08 bits per heavy atom. The van der Waals surface area contributed by atoms with Crippen molar-refractivity contribution in [3.8, 4) is 0 Å². The lowest BCUT2D eigenvalue weighted by atomic mass is 10.0. The molecule has 1 aromatic rings. The highest BCUT2D eigenvalue weighted by molar-refractivity contribution is 7.89. The maximum Gasteiger partial charge on any atom is 0.243 e. The number of rotatable bonds is 4. The number of amides is 1. The number of hydrogen-bond acceptors (Lipinski definition) is 4. The van der Waals surface area contributed by atoms with E-state index in [4.69, 9.17) is 0 Å². The molecule has 0 bridgehead atoms. The van der Waals surface area contributed by atoms with E-state index in [0.29, 0.717) is 43.5 Å². The van der Waals surface area contributed by atoms with Gasteiger partial charge in [-0.2, -0.15) is 4.31 Å². The Balaban J connectivity index is 1.54. The smallest absolute Gasteiger partial charge is 0.243 e. The van der Waals surface area contributed by atoms with Crippen LogP contribution in [0.4, 0.5) is 0 Å². The summed E-state index contributed by atoms with van der Waals surface area (Å²) in [5.41, 5.74) is 0. The van der Waals surface area contributed by atoms with Gasteiger partial charge in [0.2, 0.25) is 15.9 Å². The van der Waals surface area contributed by atoms with Gasteiger partial charge in [-0.05, 0) is 37.4 Å². The normalized spacial score (nSPS) is 23.6. The number of piperazine rings is 1. The van der Waals surface area contributed by atoms with E-state index in [1.165, 1.54) is 10.7 Å². The van der Waals surface area contributed by atoms with Crippen LogP contribution < -0.4 is 0 Å². The number of piperidine rings is 1. The molecule has 7 heteroatoms. The number of benzene rings is 1. The Labute approximate surface area is 150 Å². The van der Waals surface area contributed by atoms with Crippen LogP contribution in [0, 0.1) is 5.92 Å². The van der Waals surface area contributed by atoms with Crippen LogP contribution >= 0.6 is 0 Å². The molecule has 1 atom stereocenters. The molecule has 0 aliphatic carbocycles. The van der Waals surface area contributed by atoms with Gasteiger partial charge in [0.15, 0.2) is 0 Å². The second-order valence-corrected chi connectivity index (χ2v) is 9.02. The van der Waals surface area contributed by atoms with Crippen LogP contribution in [-0.2, 0) is 14.8 Å². The van der Waals surface area contributed by atoms with E-state index in [2.05, 4.69) is 11.8 Å². The van der Waals surface area contributed by atoms with E-state index >= 15 is 0 Å². The standard InChI is InChI=1S/C18H27N3O3S/c1-16-6-5-9-19(14-16)15-18(22)20-10-12-21(13-11-20)25(23,24)17-7-3-2-4-8-17/h2-4,7-8,16H,5-6,9-15H2,1H3. The molecule has 2 saturated heterocycles. The SMILES string of the molecule is CC1CCCN(CC(=O)N2CCN(S(=O)(=O)c3ccccc3)CC2)C1. The molecule has 1 aromatic carbocycles. The molecular weight excluding hydrogens is 338 g/mol. The van der Waals surface area contributed by atoms with Crippen molar-refractivity contribution in [1.82, 2.24) is 14.1 Å². The molecule has 0 N–H and O–H groups in total. The minimum Gasteiger partial charge on any atom is -0.339 e. The van der Waals surface area contributed by atoms with E-state index in [0.717, 1.165) is 19.5 Å². The predicted octanol–water partition coefficient (Wildman–Crippen LogP) is 1.25. The molecule has 0 radical (unpaired) electrons. The molecule has 2 aliphatic heterocycles. The summed E-state index contributed by atoms with van der Waals surface area (Å²) in [4.78, 5) is 16.9. The van der Waals surface area contributed by atoms with Gasteiger partial charge in [0.1, 0.15) is 0 Å². The molecule has 0 aromatic heterocycles. The summed E-state index contributed by atoms with van der Waals surface area (Å²) in [5, 5.41) is 0. The van der Waals surface area contributed by atoms with Crippen molar-refractivity contribution < 1.29 is 13.2 Å². The van der Waals surface area contributed by atoms with Crippen LogP contribution in [0.1, 0.15) is 19.8 Å². The van der Waals surface area contributed by atoms with Crippen LogP contribution in [0.5, 0.6) is 0 Å². The fourth-order valence-corrected chi connectivity index (χ4v) is 5.08. The van der Waals surface area contributed by atoms with Crippen molar-refractivity contribution in [3.63, 3.8) is 0 Å². The molecule has 6 nitrogen and oxygen atoms in total. The average molecular weight is 365 g/mol.